The van der Waals surface area contributed by atoms with Gasteiger partial charge >= 0.3 is 0 Å². The van der Waals surface area contributed by atoms with Gasteiger partial charge in [-0.05, 0) is 37.4 Å². The zero-order chi connectivity index (χ0) is 21.5. The number of likely N-dealkylation sites (N-methyl/N-ethyl adjacent to an activating group) is 1. The van der Waals surface area contributed by atoms with E-state index in [4.69, 9.17) is 10.1 Å². The van der Waals surface area contributed by atoms with Crippen LogP contribution in [0.25, 0.3) is 16.6 Å². The van der Waals surface area contributed by atoms with Gasteiger partial charge in [-0.1, -0.05) is 6.07 Å². The summed E-state index contributed by atoms with van der Waals surface area (Å²) in [5.41, 5.74) is 4.10. The number of imidazole rings is 1. The maximum Gasteiger partial charge on any atom is 0.145 e. The summed E-state index contributed by atoms with van der Waals surface area (Å²) in [4.78, 5) is 14.4. The summed E-state index contributed by atoms with van der Waals surface area (Å²) in [6, 6.07) is 13.7. The number of hydrogen-bond acceptors (Lipinski definition) is 6. The summed E-state index contributed by atoms with van der Waals surface area (Å²) in [7, 11) is 3.76. The fourth-order valence-electron chi connectivity index (χ4n) is 4.20. The van der Waals surface area contributed by atoms with Gasteiger partial charge in [0.25, 0.3) is 0 Å². The number of aliphatic hydroxyl groups is 1. The van der Waals surface area contributed by atoms with E-state index < -0.39 is 0 Å². The van der Waals surface area contributed by atoms with E-state index in [0.717, 1.165) is 48.6 Å². The Morgan fingerprint density at radius 1 is 1.06 bits per heavy atom. The number of fused-ring (bicyclic) bond motifs is 1. The lowest BCUT2D eigenvalue weighted by Crippen LogP contribution is -2.44. The molecule has 1 saturated heterocycles. The SMILES string of the molecule is COc1cccc(N2CC(O)=C(c3nc4ccc(N5CCN(C)CC5)cc4[nH]3)C2=N)c1. The molecule has 0 bridgehead atoms. The molecule has 160 valence electrons. The molecule has 0 aliphatic carbocycles. The zero-order valence-electron chi connectivity index (χ0n) is 17.7. The van der Waals surface area contributed by atoms with Crippen LogP contribution in [0.4, 0.5) is 11.4 Å². The van der Waals surface area contributed by atoms with Gasteiger partial charge in [-0.3, -0.25) is 5.41 Å². The number of nitrogens with zero attached hydrogens (tertiary/aromatic N) is 4. The van der Waals surface area contributed by atoms with Crippen molar-refractivity contribution in [3.63, 3.8) is 0 Å². The van der Waals surface area contributed by atoms with Crippen LogP contribution in [0.2, 0.25) is 0 Å². The third-order valence-corrected chi connectivity index (χ3v) is 6.04. The van der Waals surface area contributed by atoms with Crippen molar-refractivity contribution in [3.05, 3.63) is 54.0 Å². The Bertz CT molecular complexity index is 1180. The number of ether oxygens (including phenoxy) is 1. The van der Waals surface area contributed by atoms with Gasteiger partial charge in [0.2, 0.25) is 0 Å². The number of aromatic nitrogens is 2. The first-order chi connectivity index (χ1) is 15.0. The predicted octanol–water partition coefficient (Wildman–Crippen LogP) is 3.09. The van der Waals surface area contributed by atoms with Crippen molar-refractivity contribution in [2.24, 2.45) is 0 Å². The minimum absolute atomic E-state index is 0.131. The Hall–Kier alpha value is -3.52. The molecule has 2 aromatic carbocycles. The number of amidine groups is 1. The Labute approximate surface area is 180 Å². The number of benzene rings is 2. The molecule has 5 rings (SSSR count). The first kappa shape index (κ1) is 19.4. The number of hydrogen-bond donors (Lipinski definition) is 3. The fraction of sp³-hybridized carbons (Fsp3) is 0.304. The van der Waals surface area contributed by atoms with Gasteiger partial charge in [0.15, 0.2) is 0 Å². The number of aromatic amines is 1. The molecule has 3 aromatic rings. The van der Waals surface area contributed by atoms with Gasteiger partial charge in [0.1, 0.15) is 23.2 Å². The minimum atomic E-state index is 0.131. The molecule has 8 nitrogen and oxygen atoms in total. The van der Waals surface area contributed by atoms with Crippen LogP contribution in [0.5, 0.6) is 5.75 Å². The second-order valence-electron chi connectivity index (χ2n) is 8.04. The van der Waals surface area contributed by atoms with E-state index in [0.29, 0.717) is 17.1 Å². The summed E-state index contributed by atoms with van der Waals surface area (Å²) in [6.07, 6.45) is 0. The average molecular weight is 419 g/mol. The molecule has 0 saturated carbocycles. The highest BCUT2D eigenvalue weighted by Crippen LogP contribution is 2.32. The van der Waals surface area contributed by atoms with Crippen molar-refractivity contribution in [2.45, 2.75) is 0 Å². The van der Waals surface area contributed by atoms with Crippen LogP contribution in [0, 0.1) is 5.41 Å². The monoisotopic (exact) mass is 418 g/mol. The summed E-state index contributed by atoms with van der Waals surface area (Å²) in [6.45, 7) is 4.31. The fourth-order valence-corrected chi connectivity index (χ4v) is 4.20. The largest absolute Gasteiger partial charge is 0.509 e. The lowest BCUT2D eigenvalue weighted by atomic mass is 10.2. The molecule has 8 heteroatoms. The van der Waals surface area contributed by atoms with Crippen LogP contribution in [0.3, 0.4) is 0 Å². The molecule has 31 heavy (non-hydrogen) atoms. The number of rotatable bonds is 4. The zero-order valence-corrected chi connectivity index (χ0v) is 17.7. The molecule has 2 aliphatic heterocycles. The first-order valence-electron chi connectivity index (χ1n) is 10.4. The molecule has 1 fully saturated rings. The number of nitrogens with one attached hydrogen (secondary N) is 2. The van der Waals surface area contributed by atoms with Gasteiger partial charge in [-0.15, -0.1) is 0 Å². The van der Waals surface area contributed by atoms with Crippen molar-refractivity contribution < 1.29 is 9.84 Å². The van der Waals surface area contributed by atoms with E-state index in [1.165, 1.54) is 0 Å². The van der Waals surface area contributed by atoms with Crippen LogP contribution >= 0.6 is 0 Å². The van der Waals surface area contributed by atoms with Crippen molar-refractivity contribution in [3.8, 4) is 5.75 Å². The van der Waals surface area contributed by atoms with E-state index in [9.17, 15) is 5.11 Å². The number of H-pyrrole nitrogens is 1. The molecule has 0 unspecified atom stereocenters. The summed E-state index contributed by atoms with van der Waals surface area (Å²) in [5, 5.41) is 19.4. The molecule has 0 radical (unpaired) electrons. The molecular formula is C23H26N6O2. The van der Waals surface area contributed by atoms with Gasteiger partial charge in [-0.2, -0.15) is 0 Å². The van der Waals surface area contributed by atoms with E-state index in [1.807, 2.05) is 30.3 Å². The van der Waals surface area contributed by atoms with E-state index in [-0.39, 0.29) is 18.1 Å². The van der Waals surface area contributed by atoms with Crippen LogP contribution in [0.1, 0.15) is 5.82 Å². The van der Waals surface area contributed by atoms with Crippen LogP contribution in [-0.4, -0.2) is 72.7 Å². The van der Waals surface area contributed by atoms with E-state index in [1.54, 1.807) is 12.0 Å². The first-order valence-corrected chi connectivity index (χ1v) is 10.4. The third-order valence-electron chi connectivity index (χ3n) is 6.04. The van der Waals surface area contributed by atoms with Crippen molar-refractivity contribution in [2.75, 3.05) is 56.7 Å². The summed E-state index contributed by atoms with van der Waals surface area (Å²) in [5.74, 6) is 1.56. The lowest BCUT2D eigenvalue weighted by Gasteiger charge is -2.34. The topological polar surface area (TPSA) is 91.7 Å². The Kier molecular flexibility index (Phi) is 4.78. The molecule has 1 aromatic heterocycles. The second-order valence-corrected chi connectivity index (χ2v) is 8.04. The number of piperazine rings is 1. The van der Waals surface area contributed by atoms with Gasteiger partial charge in [-0.25, -0.2) is 4.98 Å². The normalized spacial score (nSPS) is 17.8. The lowest BCUT2D eigenvalue weighted by molar-refractivity contribution is 0.313. The Morgan fingerprint density at radius 2 is 1.87 bits per heavy atom. The Balaban J connectivity index is 1.43. The molecule has 3 heterocycles. The van der Waals surface area contributed by atoms with Crippen LogP contribution < -0.4 is 14.5 Å². The third kappa shape index (κ3) is 3.48. The number of aliphatic hydroxyl groups excluding tert-OH is 1. The average Bonchev–Trinajstić information content (AvgIpc) is 3.33. The number of methoxy groups -OCH3 is 1. The highest BCUT2D eigenvalue weighted by atomic mass is 16.5. The van der Waals surface area contributed by atoms with Gasteiger partial charge in [0, 0.05) is 43.6 Å². The maximum atomic E-state index is 10.7. The molecule has 0 spiro atoms. The quantitative estimate of drug-likeness (QED) is 0.603. The smallest absolute Gasteiger partial charge is 0.145 e. The van der Waals surface area contributed by atoms with E-state index >= 15 is 0 Å². The Morgan fingerprint density at radius 3 is 2.65 bits per heavy atom. The standard InChI is InChI=1S/C23H26N6O2/c1-27-8-10-28(11-9-27)15-6-7-18-19(13-15)26-23(25-18)21-20(30)14-29(22(21)24)16-4-3-5-17(12-16)31-2/h3-7,12-13,24,30H,8-11,14H2,1-2H3,(H,25,26). The molecular weight excluding hydrogens is 392 g/mol. The van der Waals surface area contributed by atoms with Crippen molar-refractivity contribution in [1.29, 1.82) is 5.41 Å². The van der Waals surface area contributed by atoms with Gasteiger partial charge < -0.3 is 29.5 Å². The van der Waals surface area contributed by atoms with Crippen molar-refractivity contribution >= 4 is 33.8 Å². The molecule has 2 aliphatic rings. The molecule has 3 N–H and O–H groups in total. The van der Waals surface area contributed by atoms with Crippen LogP contribution in [-0.2, 0) is 0 Å². The summed E-state index contributed by atoms with van der Waals surface area (Å²) >= 11 is 0. The maximum absolute atomic E-state index is 10.7. The molecule has 0 atom stereocenters. The van der Waals surface area contributed by atoms with Crippen LogP contribution in [0.15, 0.2) is 48.2 Å². The second kappa shape index (κ2) is 7.63. The predicted molar refractivity (Wildman–Crippen MR) is 123 cm³/mol. The van der Waals surface area contributed by atoms with Crippen molar-refractivity contribution in [1.82, 2.24) is 14.9 Å². The van der Waals surface area contributed by atoms with E-state index in [2.05, 4.69) is 38.9 Å². The summed E-state index contributed by atoms with van der Waals surface area (Å²) < 4.78 is 5.30. The number of anilines is 2. The highest BCUT2D eigenvalue weighted by Gasteiger charge is 2.31. The van der Waals surface area contributed by atoms with Gasteiger partial charge in [0.05, 0.1) is 30.3 Å². The minimum Gasteiger partial charge on any atom is -0.509 e. The molecule has 0 amide bonds. The highest BCUT2D eigenvalue weighted by molar-refractivity contribution is 6.30.